The van der Waals surface area contributed by atoms with Gasteiger partial charge in [0.1, 0.15) is 0 Å². The first-order valence-electron chi connectivity index (χ1n) is 8.46. The predicted molar refractivity (Wildman–Crippen MR) is 100 cm³/mol. The van der Waals surface area contributed by atoms with Crippen LogP contribution < -0.4 is 5.32 Å². The summed E-state index contributed by atoms with van der Waals surface area (Å²) in [5, 5.41) is 30.2. The molecule has 4 aromatic rings. The van der Waals surface area contributed by atoms with Gasteiger partial charge in [-0.2, -0.15) is 15.3 Å². The van der Waals surface area contributed by atoms with E-state index in [0.29, 0.717) is 23.7 Å². The van der Waals surface area contributed by atoms with Crippen LogP contribution in [0.25, 0.3) is 16.8 Å². The molecule has 2 N–H and O–H groups in total. The van der Waals surface area contributed by atoms with Crippen LogP contribution in [0, 0.1) is 11.3 Å². The summed E-state index contributed by atoms with van der Waals surface area (Å²) in [7, 11) is 0. The molecule has 0 aliphatic heterocycles. The highest BCUT2D eigenvalue weighted by Gasteiger charge is 2.11. The van der Waals surface area contributed by atoms with E-state index in [1.54, 1.807) is 40.6 Å². The van der Waals surface area contributed by atoms with Crippen molar-refractivity contribution >= 4 is 17.3 Å². The fourth-order valence-electron chi connectivity index (χ4n) is 2.84. The van der Waals surface area contributed by atoms with Gasteiger partial charge in [-0.15, -0.1) is 5.10 Å². The number of hydrogen-bond acceptors (Lipinski definition) is 6. The molecule has 0 saturated heterocycles. The molecule has 0 fully saturated rings. The topological polar surface area (TPSA) is 104 Å². The summed E-state index contributed by atoms with van der Waals surface area (Å²) in [6.07, 6.45) is 4.81. The molecular formula is C19H17N7O. The fraction of sp³-hybridized carbons (Fsp3) is 0.158. The maximum atomic E-state index is 9.44. The maximum absolute atomic E-state index is 9.44. The molecule has 0 saturated carbocycles. The lowest BCUT2D eigenvalue weighted by Gasteiger charge is -2.02. The first-order valence-corrected chi connectivity index (χ1v) is 8.46. The number of nitrogens with zero attached hydrogens (tertiary/aromatic N) is 6. The molecule has 1 aromatic carbocycles. The lowest BCUT2D eigenvalue weighted by atomic mass is 10.1. The van der Waals surface area contributed by atoms with Gasteiger partial charge in [0.05, 0.1) is 36.2 Å². The zero-order valence-electron chi connectivity index (χ0n) is 14.6. The van der Waals surface area contributed by atoms with Gasteiger partial charge in [-0.05, 0) is 36.8 Å². The predicted octanol–water partition coefficient (Wildman–Crippen LogP) is 2.59. The summed E-state index contributed by atoms with van der Waals surface area (Å²) < 4.78 is 3.36. The molecule has 8 nitrogen and oxygen atoms in total. The monoisotopic (exact) mass is 359 g/mol. The van der Waals surface area contributed by atoms with E-state index in [1.165, 1.54) is 0 Å². The third-order valence-corrected chi connectivity index (χ3v) is 4.03. The number of hydrogen-bond donors (Lipinski definition) is 2. The van der Waals surface area contributed by atoms with Crippen LogP contribution in [0.5, 0.6) is 0 Å². The van der Waals surface area contributed by atoms with E-state index in [9.17, 15) is 5.11 Å². The van der Waals surface area contributed by atoms with Crippen molar-refractivity contribution in [3.63, 3.8) is 0 Å². The Morgan fingerprint density at radius 3 is 2.81 bits per heavy atom. The van der Waals surface area contributed by atoms with Gasteiger partial charge >= 0.3 is 0 Å². The third kappa shape index (κ3) is 3.49. The second kappa shape index (κ2) is 6.90. The largest absolute Gasteiger partial charge is 0.391 e. The van der Waals surface area contributed by atoms with Crippen LogP contribution in [0.15, 0.2) is 55.0 Å². The Labute approximate surface area is 155 Å². The molecule has 134 valence electrons. The van der Waals surface area contributed by atoms with Gasteiger partial charge in [0.25, 0.3) is 0 Å². The molecule has 8 heteroatoms. The highest BCUT2D eigenvalue weighted by atomic mass is 16.3. The summed E-state index contributed by atoms with van der Waals surface area (Å²) in [4.78, 5) is 4.59. The first kappa shape index (κ1) is 16.8. The summed E-state index contributed by atoms with van der Waals surface area (Å²) in [5.74, 6) is 0.452. The van der Waals surface area contributed by atoms with Crippen molar-refractivity contribution in [1.82, 2.24) is 24.4 Å². The number of aliphatic hydroxyl groups excluding tert-OH is 1. The summed E-state index contributed by atoms with van der Waals surface area (Å²) in [6, 6.07) is 13.4. The van der Waals surface area contributed by atoms with Gasteiger partial charge in [-0.1, -0.05) is 12.1 Å². The number of aromatic nitrogens is 5. The van der Waals surface area contributed by atoms with Crippen molar-refractivity contribution in [3.8, 4) is 17.2 Å². The van der Waals surface area contributed by atoms with Crippen LogP contribution in [-0.4, -0.2) is 35.6 Å². The van der Waals surface area contributed by atoms with Crippen molar-refractivity contribution < 1.29 is 5.11 Å². The summed E-state index contributed by atoms with van der Waals surface area (Å²) in [6.45, 7) is 2.13. The molecule has 0 bridgehead atoms. The van der Waals surface area contributed by atoms with Crippen molar-refractivity contribution in [3.05, 3.63) is 60.6 Å². The van der Waals surface area contributed by atoms with E-state index in [1.807, 2.05) is 30.5 Å². The zero-order chi connectivity index (χ0) is 18.8. The normalized spacial score (nSPS) is 12.0. The molecule has 4 rings (SSSR count). The van der Waals surface area contributed by atoms with E-state index in [0.717, 1.165) is 16.8 Å². The molecular weight excluding hydrogens is 342 g/mol. The van der Waals surface area contributed by atoms with Crippen LogP contribution in [0.2, 0.25) is 0 Å². The second-order valence-electron chi connectivity index (χ2n) is 6.24. The highest BCUT2D eigenvalue weighted by molar-refractivity contribution is 5.78. The smallest absolute Gasteiger partial charge is 0.247 e. The SMILES string of the molecule is C[C@@H](O)Cn1cc(Nc2nc3c(-c4ccc(C#N)cc4)cccn3n2)cn1. The van der Waals surface area contributed by atoms with Gasteiger partial charge in [0.15, 0.2) is 5.65 Å². The minimum Gasteiger partial charge on any atom is -0.391 e. The van der Waals surface area contributed by atoms with Gasteiger partial charge in [-0.25, -0.2) is 4.52 Å². The Morgan fingerprint density at radius 2 is 2.07 bits per heavy atom. The molecule has 0 spiro atoms. The van der Waals surface area contributed by atoms with E-state index in [2.05, 4.69) is 26.6 Å². The Kier molecular flexibility index (Phi) is 4.28. The van der Waals surface area contributed by atoms with Crippen molar-refractivity contribution in [1.29, 1.82) is 5.26 Å². The van der Waals surface area contributed by atoms with Gasteiger partial charge in [0.2, 0.25) is 5.95 Å². The minimum absolute atomic E-state index is 0.420. The van der Waals surface area contributed by atoms with E-state index in [-0.39, 0.29) is 0 Å². The van der Waals surface area contributed by atoms with Crippen LogP contribution in [0.3, 0.4) is 0 Å². The molecule has 3 heterocycles. The first-order chi connectivity index (χ1) is 13.1. The van der Waals surface area contributed by atoms with E-state index < -0.39 is 6.10 Å². The Hall–Kier alpha value is -3.70. The molecule has 0 aliphatic carbocycles. The number of fused-ring (bicyclic) bond motifs is 1. The fourth-order valence-corrected chi connectivity index (χ4v) is 2.84. The Balaban J connectivity index is 1.64. The summed E-state index contributed by atoms with van der Waals surface area (Å²) >= 11 is 0. The highest BCUT2D eigenvalue weighted by Crippen LogP contribution is 2.25. The number of benzene rings is 1. The van der Waals surface area contributed by atoms with Crippen LogP contribution >= 0.6 is 0 Å². The lowest BCUT2D eigenvalue weighted by molar-refractivity contribution is 0.168. The number of nitriles is 1. The molecule has 0 aliphatic rings. The van der Waals surface area contributed by atoms with E-state index >= 15 is 0 Å². The van der Waals surface area contributed by atoms with Gasteiger partial charge < -0.3 is 10.4 Å². The Bertz CT molecular complexity index is 1120. The number of rotatable bonds is 5. The zero-order valence-corrected chi connectivity index (χ0v) is 14.6. The van der Waals surface area contributed by atoms with Crippen molar-refractivity contribution in [2.75, 3.05) is 5.32 Å². The molecule has 0 amide bonds. The van der Waals surface area contributed by atoms with Crippen molar-refractivity contribution in [2.45, 2.75) is 19.6 Å². The van der Waals surface area contributed by atoms with Crippen molar-refractivity contribution in [2.24, 2.45) is 0 Å². The van der Waals surface area contributed by atoms with Crippen LogP contribution in [-0.2, 0) is 6.54 Å². The minimum atomic E-state index is -0.471. The molecule has 0 unspecified atom stereocenters. The average molecular weight is 359 g/mol. The average Bonchev–Trinajstić information content (AvgIpc) is 3.27. The molecule has 1 atom stereocenters. The number of aliphatic hydroxyl groups is 1. The van der Waals surface area contributed by atoms with Gasteiger partial charge in [0, 0.05) is 18.0 Å². The Morgan fingerprint density at radius 1 is 1.26 bits per heavy atom. The number of pyridine rings is 1. The molecule has 27 heavy (non-hydrogen) atoms. The van der Waals surface area contributed by atoms with Crippen LogP contribution in [0.4, 0.5) is 11.6 Å². The third-order valence-electron chi connectivity index (χ3n) is 4.03. The molecule has 0 radical (unpaired) electrons. The summed E-state index contributed by atoms with van der Waals surface area (Å²) in [5.41, 5.74) is 3.95. The quantitative estimate of drug-likeness (QED) is 0.567. The number of nitrogens with one attached hydrogen (secondary N) is 1. The maximum Gasteiger partial charge on any atom is 0.247 e. The second-order valence-corrected chi connectivity index (χ2v) is 6.24. The van der Waals surface area contributed by atoms with E-state index in [4.69, 9.17) is 5.26 Å². The van der Waals surface area contributed by atoms with Gasteiger partial charge in [-0.3, -0.25) is 4.68 Å². The standard InChI is InChI=1S/C19H17N7O/c1-13(27)11-25-12-16(10-21-25)22-19-23-18-17(3-2-8-26(18)24-19)15-6-4-14(9-20)5-7-15/h2-8,10,12-13,27H,11H2,1H3,(H,22,24)/t13-/m1/s1. The lowest BCUT2D eigenvalue weighted by Crippen LogP contribution is -2.11. The number of anilines is 2. The van der Waals surface area contributed by atoms with Crippen LogP contribution in [0.1, 0.15) is 12.5 Å². The molecule has 3 aromatic heterocycles.